The van der Waals surface area contributed by atoms with E-state index in [1.165, 1.54) is 6.20 Å². The van der Waals surface area contributed by atoms with Crippen molar-refractivity contribution in [3.05, 3.63) is 36.5 Å². The molecule has 0 aliphatic rings. The Labute approximate surface area is 94.4 Å². The van der Waals surface area contributed by atoms with Gasteiger partial charge >= 0.3 is 0 Å². The summed E-state index contributed by atoms with van der Waals surface area (Å²) < 4.78 is 25.9. The molecule has 0 unspecified atom stereocenters. The highest BCUT2D eigenvalue weighted by atomic mass is 32.2. The zero-order valence-electron chi connectivity index (χ0n) is 8.84. The van der Waals surface area contributed by atoms with E-state index in [4.69, 9.17) is 0 Å². The van der Waals surface area contributed by atoms with Crippen LogP contribution in [0.4, 0.5) is 0 Å². The molecule has 2 rings (SSSR count). The molecular weight excluding hydrogens is 224 g/mol. The monoisotopic (exact) mass is 236 g/mol. The van der Waals surface area contributed by atoms with E-state index in [9.17, 15) is 8.42 Å². The number of fused-ring (bicyclic) bond motifs is 1. The third-order valence-electron chi connectivity index (χ3n) is 2.21. The third kappa shape index (κ3) is 2.05. The lowest BCUT2D eigenvalue weighted by molar-refractivity contribution is 0.583. The smallest absolute Gasteiger partial charge is 0.242 e. The quantitative estimate of drug-likeness (QED) is 0.879. The molecule has 1 aromatic heterocycles. The van der Waals surface area contributed by atoms with Crippen LogP contribution >= 0.6 is 0 Å². The number of aromatic nitrogens is 1. The van der Waals surface area contributed by atoms with Crippen molar-refractivity contribution < 1.29 is 8.42 Å². The summed E-state index contributed by atoms with van der Waals surface area (Å²) in [5.74, 6) is 0. The van der Waals surface area contributed by atoms with Gasteiger partial charge in [0.25, 0.3) is 0 Å². The molecule has 0 saturated heterocycles. The van der Waals surface area contributed by atoms with E-state index < -0.39 is 10.0 Å². The van der Waals surface area contributed by atoms with Gasteiger partial charge in [0, 0.05) is 18.1 Å². The van der Waals surface area contributed by atoms with Crippen LogP contribution in [0.3, 0.4) is 0 Å². The van der Waals surface area contributed by atoms with E-state index in [2.05, 4.69) is 9.71 Å². The Morgan fingerprint density at radius 2 is 2.06 bits per heavy atom. The van der Waals surface area contributed by atoms with Gasteiger partial charge < -0.3 is 0 Å². The number of para-hydroxylation sites is 1. The molecule has 0 bridgehead atoms. The standard InChI is InChI=1S/C11H12N2O2S/c1-2-13-16(14,15)10-7-9-5-3-4-6-11(9)12-8-10/h3-8,13H,2H2,1H3. The number of pyridine rings is 1. The molecule has 4 nitrogen and oxygen atoms in total. The van der Waals surface area contributed by atoms with Gasteiger partial charge in [-0.25, -0.2) is 13.1 Å². The van der Waals surface area contributed by atoms with Crippen LogP contribution in [0.15, 0.2) is 41.4 Å². The molecule has 0 spiro atoms. The average molecular weight is 236 g/mol. The van der Waals surface area contributed by atoms with Crippen LogP contribution in [-0.4, -0.2) is 19.9 Å². The van der Waals surface area contributed by atoms with E-state index in [0.717, 1.165) is 10.9 Å². The molecule has 5 heteroatoms. The summed E-state index contributed by atoms with van der Waals surface area (Å²) >= 11 is 0. The van der Waals surface area contributed by atoms with Crippen LogP contribution in [0.5, 0.6) is 0 Å². The third-order valence-corrected chi connectivity index (χ3v) is 3.72. The fraction of sp³-hybridized carbons (Fsp3) is 0.182. The molecule has 0 saturated carbocycles. The normalized spacial score (nSPS) is 11.8. The zero-order valence-corrected chi connectivity index (χ0v) is 9.66. The Balaban J connectivity index is 2.55. The van der Waals surface area contributed by atoms with Crippen molar-refractivity contribution in [1.29, 1.82) is 0 Å². The summed E-state index contributed by atoms with van der Waals surface area (Å²) in [4.78, 5) is 4.31. The minimum Gasteiger partial charge on any atom is -0.255 e. The maximum atomic E-state index is 11.7. The van der Waals surface area contributed by atoms with Gasteiger partial charge in [-0.15, -0.1) is 0 Å². The molecule has 0 fully saturated rings. The molecule has 0 aliphatic carbocycles. The Hall–Kier alpha value is -1.46. The molecule has 84 valence electrons. The first-order valence-electron chi connectivity index (χ1n) is 4.98. The van der Waals surface area contributed by atoms with Crippen LogP contribution in [0, 0.1) is 0 Å². The summed E-state index contributed by atoms with van der Waals surface area (Å²) in [6.45, 7) is 2.11. The van der Waals surface area contributed by atoms with Crippen molar-refractivity contribution in [2.75, 3.05) is 6.54 Å². The van der Waals surface area contributed by atoms with Crippen molar-refractivity contribution in [2.24, 2.45) is 0 Å². The Kier molecular flexibility index (Phi) is 2.89. The van der Waals surface area contributed by atoms with Crippen LogP contribution in [0.25, 0.3) is 10.9 Å². The number of sulfonamides is 1. The van der Waals surface area contributed by atoms with Crippen LogP contribution in [-0.2, 0) is 10.0 Å². The van der Waals surface area contributed by atoms with E-state index >= 15 is 0 Å². The highest BCUT2D eigenvalue weighted by molar-refractivity contribution is 7.89. The lowest BCUT2D eigenvalue weighted by Gasteiger charge is -2.04. The summed E-state index contributed by atoms with van der Waals surface area (Å²) in [6, 6.07) is 9.04. The molecule has 0 amide bonds. The van der Waals surface area contributed by atoms with E-state index in [1.54, 1.807) is 13.0 Å². The summed E-state index contributed by atoms with van der Waals surface area (Å²) in [5, 5.41) is 0.821. The Morgan fingerprint density at radius 3 is 2.81 bits per heavy atom. The number of nitrogens with zero attached hydrogens (tertiary/aromatic N) is 1. The molecule has 0 radical (unpaired) electrons. The minimum atomic E-state index is -3.41. The molecule has 1 aromatic carbocycles. The fourth-order valence-corrected chi connectivity index (χ4v) is 2.49. The SMILES string of the molecule is CCNS(=O)(=O)c1cnc2ccccc2c1. The molecule has 2 aromatic rings. The zero-order chi connectivity index (χ0) is 11.6. The molecule has 1 heterocycles. The topological polar surface area (TPSA) is 59.1 Å². The van der Waals surface area contributed by atoms with E-state index in [0.29, 0.717) is 6.54 Å². The second-order valence-corrected chi connectivity index (χ2v) is 5.13. The van der Waals surface area contributed by atoms with E-state index in [1.807, 2.05) is 24.3 Å². The van der Waals surface area contributed by atoms with Crippen LogP contribution in [0.1, 0.15) is 6.92 Å². The first-order valence-corrected chi connectivity index (χ1v) is 6.46. The molecule has 16 heavy (non-hydrogen) atoms. The number of hydrogen-bond donors (Lipinski definition) is 1. The van der Waals surface area contributed by atoms with Crippen LogP contribution in [0.2, 0.25) is 0 Å². The van der Waals surface area contributed by atoms with Gasteiger partial charge in [-0.2, -0.15) is 0 Å². The van der Waals surface area contributed by atoms with Crippen molar-refractivity contribution >= 4 is 20.9 Å². The number of hydrogen-bond acceptors (Lipinski definition) is 3. The molecule has 0 aliphatic heterocycles. The number of nitrogens with one attached hydrogen (secondary N) is 1. The minimum absolute atomic E-state index is 0.202. The van der Waals surface area contributed by atoms with Gasteiger partial charge in [-0.3, -0.25) is 4.98 Å². The van der Waals surface area contributed by atoms with Gasteiger partial charge in [0.05, 0.1) is 5.52 Å². The first kappa shape index (κ1) is 11.0. The maximum absolute atomic E-state index is 11.7. The number of benzene rings is 1. The lowest BCUT2D eigenvalue weighted by Crippen LogP contribution is -2.23. The summed E-state index contributed by atoms with van der Waals surface area (Å²) in [7, 11) is -3.41. The molecular formula is C11H12N2O2S. The predicted molar refractivity (Wildman–Crippen MR) is 62.6 cm³/mol. The Bertz CT molecular complexity index is 608. The van der Waals surface area contributed by atoms with Crippen LogP contribution < -0.4 is 4.72 Å². The predicted octanol–water partition coefficient (Wildman–Crippen LogP) is 1.53. The summed E-state index contributed by atoms with van der Waals surface area (Å²) in [5.41, 5.74) is 0.790. The van der Waals surface area contributed by atoms with Gasteiger partial charge in [0.2, 0.25) is 10.0 Å². The van der Waals surface area contributed by atoms with Gasteiger partial charge in [-0.1, -0.05) is 25.1 Å². The highest BCUT2D eigenvalue weighted by Gasteiger charge is 2.13. The maximum Gasteiger partial charge on any atom is 0.242 e. The van der Waals surface area contributed by atoms with Gasteiger partial charge in [-0.05, 0) is 12.1 Å². The van der Waals surface area contributed by atoms with E-state index in [-0.39, 0.29) is 4.90 Å². The van der Waals surface area contributed by atoms with Crippen molar-refractivity contribution in [2.45, 2.75) is 11.8 Å². The largest absolute Gasteiger partial charge is 0.255 e. The second kappa shape index (κ2) is 4.19. The van der Waals surface area contributed by atoms with Crippen molar-refractivity contribution in [3.8, 4) is 0 Å². The second-order valence-electron chi connectivity index (χ2n) is 3.37. The lowest BCUT2D eigenvalue weighted by atomic mass is 10.2. The van der Waals surface area contributed by atoms with Gasteiger partial charge in [0.15, 0.2) is 0 Å². The fourth-order valence-electron chi connectivity index (χ4n) is 1.47. The Morgan fingerprint density at radius 1 is 1.31 bits per heavy atom. The molecule has 0 atom stereocenters. The summed E-state index contributed by atoms with van der Waals surface area (Å²) in [6.07, 6.45) is 1.38. The molecule has 1 N–H and O–H groups in total. The highest BCUT2D eigenvalue weighted by Crippen LogP contribution is 2.15. The van der Waals surface area contributed by atoms with Crippen molar-refractivity contribution in [3.63, 3.8) is 0 Å². The van der Waals surface area contributed by atoms with Crippen molar-refractivity contribution in [1.82, 2.24) is 9.71 Å². The first-order chi connectivity index (χ1) is 7.63. The van der Waals surface area contributed by atoms with Gasteiger partial charge in [0.1, 0.15) is 4.90 Å². The average Bonchev–Trinajstić information content (AvgIpc) is 2.28. The number of rotatable bonds is 3.